The summed E-state index contributed by atoms with van der Waals surface area (Å²) in [6.07, 6.45) is 0.979. The molecule has 9 N–H and O–H groups in total. The third-order valence-corrected chi connectivity index (χ3v) is 4.95. The van der Waals surface area contributed by atoms with Gasteiger partial charge in [0.1, 0.15) is 18.1 Å². The predicted molar refractivity (Wildman–Crippen MR) is 117 cm³/mol. The number of carboxylic acid groups (broad SMARTS) is 1. The fraction of sp³-hybridized carbons (Fsp3) is 0.750. The van der Waals surface area contributed by atoms with Gasteiger partial charge in [0.15, 0.2) is 0 Å². The van der Waals surface area contributed by atoms with Crippen molar-refractivity contribution in [3.63, 3.8) is 0 Å². The Hall–Kier alpha value is -2.77. The first-order valence-corrected chi connectivity index (χ1v) is 10.8. The van der Waals surface area contributed by atoms with Gasteiger partial charge in [-0.2, -0.15) is 0 Å². The molecular formula is C20H37N5O8. The van der Waals surface area contributed by atoms with Crippen molar-refractivity contribution in [3.05, 3.63) is 0 Å². The smallest absolute Gasteiger partial charge is 0.328 e. The topological polar surface area (TPSA) is 220 Å². The number of nitrogens with two attached hydrogens (primary N) is 1. The Labute approximate surface area is 192 Å². The summed E-state index contributed by atoms with van der Waals surface area (Å²) in [5.41, 5.74) is 5.91. The molecule has 0 fully saturated rings. The van der Waals surface area contributed by atoms with Crippen LogP contribution >= 0.6 is 0 Å². The van der Waals surface area contributed by atoms with Gasteiger partial charge in [0.25, 0.3) is 0 Å². The molecule has 5 atom stereocenters. The zero-order valence-electron chi connectivity index (χ0n) is 19.5. The maximum atomic E-state index is 12.6. The summed E-state index contributed by atoms with van der Waals surface area (Å²) < 4.78 is 0. The Morgan fingerprint density at radius 2 is 1.36 bits per heavy atom. The lowest BCUT2D eigenvalue weighted by molar-refractivity contribution is -0.143. The lowest BCUT2D eigenvalue weighted by atomic mass is 9.97. The molecule has 0 heterocycles. The molecule has 4 amide bonds. The van der Waals surface area contributed by atoms with Gasteiger partial charge in [-0.3, -0.25) is 19.2 Å². The van der Waals surface area contributed by atoms with Crippen LogP contribution in [-0.4, -0.2) is 88.8 Å². The molecule has 0 aromatic rings. The third kappa shape index (κ3) is 11.1. The average Bonchev–Trinajstić information content (AvgIpc) is 2.76. The van der Waals surface area contributed by atoms with Crippen LogP contribution in [-0.2, 0) is 24.0 Å². The first-order valence-electron chi connectivity index (χ1n) is 10.8. The average molecular weight is 476 g/mol. The standard InChI is InChI=1S/C20H37N5O8/c1-5-11(4)16(21)19(31)24-12(6-10(2)3)17(29)22-7-15(28)23-13(8-26)18(30)25-14(9-27)20(32)33/h10-14,16,26-27H,5-9,21H2,1-4H3,(H,22,29)(H,23,28)(H,24,31)(H,25,30)(H,32,33)/t11-,12-,13-,14-,16-/m0/s1. The van der Waals surface area contributed by atoms with Gasteiger partial charge in [0.05, 0.1) is 25.8 Å². The number of aliphatic carboxylic acids is 1. The molecule has 0 spiro atoms. The van der Waals surface area contributed by atoms with Gasteiger partial charge in [-0.05, 0) is 18.3 Å². The van der Waals surface area contributed by atoms with E-state index in [2.05, 4.69) is 16.0 Å². The van der Waals surface area contributed by atoms with Crippen molar-refractivity contribution in [2.75, 3.05) is 19.8 Å². The molecule has 0 saturated carbocycles. The van der Waals surface area contributed by atoms with Crippen LogP contribution in [0.15, 0.2) is 0 Å². The maximum Gasteiger partial charge on any atom is 0.328 e. The highest BCUT2D eigenvalue weighted by molar-refractivity contribution is 5.94. The summed E-state index contributed by atoms with van der Waals surface area (Å²) in [6, 6.07) is -4.83. The third-order valence-electron chi connectivity index (χ3n) is 4.95. The molecule has 33 heavy (non-hydrogen) atoms. The van der Waals surface area contributed by atoms with Gasteiger partial charge in [0.2, 0.25) is 23.6 Å². The fourth-order valence-electron chi connectivity index (χ4n) is 2.67. The van der Waals surface area contributed by atoms with Crippen molar-refractivity contribution in [3.8, 4) is 0 Å². The molecule has 0 aliphatic heterocycles. The molecule has 0 aromatic carbocycles. The minimum Gasteiger partial charge on any atom is -0.480 e. The molecule has 0 rings (SSSR count). The number of carboxylic acids is 1. The number of nitrogens with one attached hydrogen (secondary N) is 4. The van der Waals surface area contributed by atoms with Gasteiger partial charge >= 0.3 is 5.97 Å². The first-order chi connectivity index (χ1) is 15.4. The molecule has 0 bridgehead atoms. The van der Waals surface area contributed by atoms with E-state index >= 15 is 0 Å². The number of hydrogen-bond donors (Lipinski definition) is 8. The van der Waals surface area contributed by atoms with Crippen LogP contribution < -0.4 is 27.0 Å². The van der Waals surface area contributed by atoms with Crippen molar-refractivity contribution >= 4 is 29.6 Å². The van der Waals surface area contributed by atoms with Crippen LogP contribution in [0.3, 0.4) is 0 Å². The molecular weight excluding hydrogens is 438 g/mol. The van der Waals surface area contributed by atoms with Gasteiger partial charge in [-0.15, -0.1) is 0 Å². The normalized spacial score (nSPS) is 15.5. The SMILES string of the molecule is CC[C@H](C)[C@H](N)C(=O)N[C@@H](CC(C)C)C(=O)NCC(=O)N[C@@H](CO)C(=O)N[C@@H](CO)C(=O)O. The van der Waals surface area contributed by atoms with Crippen molar-refractivity contribution in [1.82, 2.24) is 21.3 Å². The number of amides is 4. The zero-order chi connectivity index (χ0) is 25.7. The molecule has 0 saturated heterocycles. The molecule has 0 aromatic heterocycles. The van der Waals surface area contributed by atoms with Gasteiger partial charge in [0, 0.05) is 0 Å². The number of rotatable bonds is 15. The molecule has 0 aliphatic carbocycles. The molecule has 0 radical (unpaired) electrons. The van der Waals surface area contributed by atoms with Gasteiger partial charge < -0.3 is 42.3 Å². The summed E-state index contributed by atoms with van der Waals surface area (Å²) in [5.74, 6) is -4.50. The lowest BCUT2D eigenvalue weighted by Gasteiger charge is -2.24. The van der Waals surface area contributed by atoms with Crippen molar-refractivity contribution in [1.29, 1.82) is 0 Å². The molecule has 190 valence electrons. The highest BCUT2D eigenvalue weighted by Gasteiger charge is 2.28. The fourth-order valence-corrected chi connectivity index (χ4v) is 2.67. The molecule has 13 nitrogen and oxygen atoms in total. The monoisotopic (exact) mass is 475 g/mol. The van der Waals surface area contributed by atoms with Gasteiger partial charge in [-0.1, -0.05) is 34.1 Å². The quantitative estimate of drug-likeness (QED) is 0.121. The van der Waals surface area contributed by atoms with Crippen LogP contribution in [0.4, 0.5) is 0 Å². The molecule has 0 aliphatic rings. The second kappa shape index (κ2) is 15.1. The van der Waals surface area contributed by atoms with E-state index in [4.69, 9.17) is 15.9 Å². The highest BCUT2D eigenvalue weighted by Crippen LogP contribution is 2.09. The van der Waals surface area contributed by atoms with Crippen LogP contribution in [0.5, 0.6) is 0 Å². The van der Waals surface area contributed by atoms with E-state index in [1.807, 2.05) is 33.0 Å². The molecule has 13 heteroatoms. The number of aliphatic hydroxyl groups is 2. The van der Waals surface area contributed by atoms with E-state index in [0.29, 0.717) is 12.8 Å². The largest absolute Gasteiger partial charge is 0.480 e. The minimum absolute atomic E-state index is 0.0471. The first kappa shape index (κ1) is 30.2. The maximum absolute atomic E-state index is 12.6. The van der Waals surface area contributed by atoms with Crippen LogP contribution in [0.1, 0.15) is 40.5 Å². The van der Waals surface area contributed by atoms with E-state index in [1.165, 1.54) is 0 Å². The summed E-state index contributed by atoms with van der Waals surface area (Å²) in [6.45, 7) is 5.13. The summed E-state index contributed by atoms with van der Waals surface area (Å²) in [4.78, 5) is 59.9. The zero-order valence-corrected chi connectivity index (χ0v) is 19.5. The molecule has 0 unspecified atom stereocenters. The highest BCUT2D eigenvalue weighted by atomic mass is 16.4. The number of carbonyl (C=O) groups is 5. The summed E-state index contributed by atoms with van der Waals surface area (Å²) >= 11 is 0. The van der Waals surface area contributed by atoms with Crippen LogP contribution in [0.25, 0.3) is 0 Å². The Balaban J connectivity index is 4.95. The Bertz CT molecular complexity index is 687. The van der Waals surface area contributed by atoms with E-state index in [9.17, 15) is 29.1 Å². The number of carbonyl (C=O) groups excluding carboxylic acids is 4. The Morgan fingerprint density at radius 1 is 0.818 bits per heavy atom. The van der Waals surface area contributed by atoms with E-state index in [0.717, 1.165) is 0 Å². The van der Waals surface area contributed by atoms with Crippen LogP contribution in [0, 0.1) is 11.8 Å². The Morgan fingerprint density at radius 3 is 1.82 bits per heavy atom. The van der Waals surface area contributed by atoms with Crippen molar-refractivity contribution in [2.24, 2.45) is 17.6 Å². The van der Waals surface area contributed by atoms with E-state index in [-0.39, 0.29) is 11.8 Å². The van der Waals surface area contributed by atoms with Crippen molar-refractivity contribution < 1.29 is 39.3 Å². The number of aliphatic hydroxyl groups excluding tert-OH is 2. The number of hydrogen-bond acceptors (Lipinski definition) is 8. The second-order valence-corrected chi connectivity index (χ2v) is 8.20. The van der Waals surface area contributed by atoms with Gasteiger partial charge in [-0.25, -0.2) is 4.79 Å². The van der Waals surface area contributed by atoms with E-state index < -0.39 is 73.5 Å². The lowest BCUT2D eigenvalue weighted by Crippen LogP contribution is -2.56. The predicted octanol–water partition coefficient (Wildman–Crippen LogP) is -2.95. The summed E-state index contributed by atoms with van der Waals surface area (Å²) in [7, 11) is 0. The van der Waals surface area contributed by atoms with Crippen molar-refractivity contribution in [2.45, 2.75) is 64.7 Å². The minimum atomic E-state index is -1.61. The van der Waals surface area contributed by atoms with E-state index in [1.54, 1.807) is 0 Å². The van der Waals surface area contributed by atoms with Crippen LogP contribution in [0.2, 0.25) is 0 Å². The summed E-state index contributed by atoms with van der Waals surface area (Å²) in [5, 5.41) is 36.2. The Kier molecular flexibility index (Phi) is 13.9. The second-order valence-electron chi connectivity index (χ2n) is 8.20.